The summed E-state index contributed by atoms with van der Waals surface area (Å²) in [5, 5.41) is 11.5. The summed E-state index contributed by atoms with van der Waals surface area (Å²) in [5.41, 5.74) is -1.09. The highest BCUT2D eigenvalue weighted by Crippen LogP contribution is 2.34. The SMILES string of the molecule is Cc1csc2ncc(C(=O)N(C)C3(C(=O)O)CCCCC3)c(=O)n12. The van der Waals surface area contributed by atoms with E-state index < -0.39 is 23.0 Å². The summed E-state index contributed by atoms with van der Waals surface area (Å²) < 4.78 is 1.39. The molecule has 1 saturated carbocycles. The summed E-state index contributed by atoms with van der Waals surface area (Å²) >= 11 is 1.32. The van der Waals surface area contributed by atoms with E-state index in [2.05, 4.69) is 4.98 Å². The number of aliphatic carboxylic acids is 1. The van der Waals surface area contributed by atoms with Crippen molar-refractivity contribution in [2.75, 3.05) is 7.05 Å². The van der Waals surface area contributed by atoms with Gasteiger partial charge < -0.3 is 10.0 Å². The number of carbonyl (C=O) groups is 2. The minimum absolute atomic E-state index is 0.0947. The van der Waals surface area contributed by atoms with Gasteiger partial charge in [-0.25, -0.2) is 9.78 Å². The van der Waals surface area contributed by atoms with Crippen molar-refractivity contribution in [2.45, 2.75) is 44.6 Å². The lowest BCUT2D eigenvalue weighted by Gasteiger charge is -2.40. The molecule has 3 rings (SSSR count). The third kappa shape index (κ3) is 2.41. The van der Waals surface area contributed by atoms with E-state index in [1.54, 1.807) is 12.3 Å². The van der Waals surface area contributed by atoms with Gasteiger partial charge in [0.15, 0.2) is 4.96 Å². The Bertz CT molecular complexity index is 864. The third-order valence-corrected chi connectivity index (χ3v) is 5.83. The normalized spacial score (nSPS) is 16.9. The Morgan fingerprint density at radius 1 is 1.33 bits per heavy atom. The van der Waals surface area contributed by atoms with E-state index in [0.717, 1.165) is 19.3 Å². The second kappa shape index (κ2) is 6.01. The van der Waals surface area contributed by atoms with Crippen LogP contribution in [0.1, 0.15) is 48.2 Å². The molecule has 0 atom stereocenters. The predicted octanol–water partition coefficient (Wildman–Crippen LogP) is 1.92. The number of carbonyl (C=O) groups excluding carboxylic acids is 1. The minimum atomic E-state index is -1.24. The number of aryl methyl sites for hydroxylation is 1. The van der Waals surface area contributed by atoms with Crippen LogP contribution in [0.3, 0.4) is 0 Å². The Hall–Kier alpha value is -2.22. The molecular formula is C16H19N3O4S. The molecular weight excluding hydrogens is 330 g/mol. The maximum atomic E-state index is 12.9. The van der Waals surface area contributed by atoms with Crippen LogP contribution in [0.4, 0.5) is 0 Å². The number of rotatable bonds is 3. The summed E-state index contributed by atoms with van der Waals surface area (Å²) in [4.78, 5) is 43.3. The van der Waals surface area contributed by atoms with Crippen LogP contribution in [-0.2, 0) is 4.79 Å². The first-order valence-corrected chi connectivity index (χ1v) is 8.74. The number of hydrogen-bond donors (Lipinski definition) is 1. The fraction of sp³-hybridized carbons (Fsp3) is 0.500. The fourth-order valence-corrected chi connectivity index (χ4v) is 4.20. The highest BCUT2D eigenvalue weighted by atomic mass is 32.1. The molecule has 24 heavy (non-hydrogen) atoms. The number of carboxylic acid groups (broad SMARTS) is 1. The van der Waals surface area contributed by atoms with Crippen LogP contribution in [0.25, 0.3) is 4.96 Å². The molecule has 128 valence electrons. The lowest BCUT2D eigenvalue weighted by atomic mass is 9.80. The van der Waals surface area contributed by atoms with Gasteiger partial charge in [0.05, 0.1) is 0 Å². The van der Waals surface area contributed by atoms with Gasteiger partial charge >= 0.3 is 5.97 Å². The number of hydrogen-bond acceptors (Lipinski definition) is 5. The summed E-state index contributed by atoms with van der Waals surface area (Å²) in [6, 6.07) is 0. The first-order valence-electron chi connectivity index (χ1n) is 7.86. The van der Waals surface area contributed by atoms with Crippen molar-refractivity contribution in [3.63, 3.8) is 0 Å². The van der Waals surface area contributed by atoms with Crippen LogP contribution in [0.5, 0.6) is 0 Å². The van der Waals surface area contributed by atoms with Crippen molar-refractivity contribution in [1.29, 1.82) is 0 Å². The molecule has 0 radical (unpaired) electrons. The van der Waals surface area contributed by atoms with Gasteiger partial charge in [-0.3, -0.25) is 14.0 Å². The highest BCUT2D eigenvalue weighted by Gasteiger charge is 2.46. The van der Waals surface area contributed by atoms with E-state index in [-0.39, 0.29) is 5.56 Å². The average Bonchev–Trinajstić information content (AvgIpc) is 2.96. The maximum Gasteiger partial charge on any atom is 0.329 e. The van der Waals surface area contributed by atoms with E-state index >= 15 is 0 Å². The van der Waals surface area contributed by atoms with Gasteiger partial charge in [0.2, 0.25) is 0 Å². The van der Waals surface area contributed by atoms with Crippen molar-refractivity contribution in [3.05, 3.63) is 33.2 Å². The monoisotopic (exact) mass is 349 g/mol. The summed E-state index contributed by atoms with van der Waals surface area (Å²) in [6.07, 6.45) is 4.53. The van der Waals surface area contributed by atoms with Gasteiger partial charge in [-0.15, -0.1) is 11.3 Å². The molecule has 0 aliphatic heterocycles. The first-order chi connectivity index (χ1) is 11.4. The Balaban J connectivity index is 2.05. The Morgan fingerprint density at radius 3 is 2.62 bits per heavy atom. The molecule has 8 heteroatoms. The molecule has 2 aromatic heterocycles. The largest absolute Gasteiger partial charge is 0.479 e. The predicted molar refractivity (Wildman–Crippen MR) is 89.6 cm³/mol. The van der Waals surface area contributed by atoms with Gasteiger partial charge in [0.1, 0.15) is 11.1 Å². The number of amides is 1. The molecule has 0 spiro atoms. The number of nitrogens with zero attached hydrogens (tertiary/aromatic N) is 3. The third-order valence-electron chi connectivity index (χ3n) is 4.87. The lowest BCUT2D eigenvalue weighted by Crippen LogP contribution is -2.57. The topological polar surface area (TPSA) is 92.0 Å². The van der Waals surface area contributed by atoms with Crippen LogP contribution < -0.4 is 5.56 Å². The second-order valence-electron chi connectivity index (χ2n) is 6.23. The zero-order valence-electron chi connectivity index (χ0n) is 13.6. The molecule has 2 heterocycles. The number of fused-ring (bicyclic) bond motifs is 1. The van der Waals surface area contributed by atoms with E-state index in [9.17, 15) is 19.5 Å². The van der Waals surface area contributed by atoms with E-state index in [1.165, 1.54) is 33.9 Å². The quantitative estimate of drug-likeness (QED) is 0.914. The molecule has 1 N–H and O–H groups in total. The van der Waals surface area contributed by atoms with Crippen molar-refractivity contribution in [1.82, 2.24) is 14.3 Å². The summed E-state index contributed by atoms with van der Waals surface area (Å²) in [5.74, 6) is -1.60. The van der Waals surface area contributed by atoms with Crippen LogP contribution in [-0.4, -0.2) is 43.9 Å². The van der Waals surface area contributed by atoms with Crippen molar-refractivity contribution in [2.24, 2.45) is 0 Å². The van der Waals surface area contributed by atoms with Crippen LogP contribution >= 0.6 is 11.3 Å². The van der Waals surface area contributed by atoms with Gasteiger partial charge in [0.25, 0.3) is 11.5 Å². The van der Waals surface area contributed by atoms with Crippen molar-refractivity contribution in [3.8, 4) is 0 Å². The van der Waals surface area contributed by atoms with Gasteiger partial charge in [-0.1, -0.05) is 19.3 Å². The van der Waals surface area contributed by atoms with E-state index in [1.807, 2.05) is 0 Å². The van der Waals surface area contributed by atoms with Crippen LogP contribution in [0, 0.1) is 6.92 Å². The standard InChI is InChI=1S/C16H19N3O4S/c1-10-9-24-15-17-8-11(13(21)19(10)15)12(20)18(2)16(14(22)23)6-4-3-5-7-16/h8-9H,3-7H2,1-2H3,(H,22,23). The van der Waals surface area contributed by atoms with Crippen LogP contribution in [0.2, 0.25) is 0 Å². The van der Waals surface area contributed by atoms with Crippen molar-refractivity contribution < 1.29 is 14.7 Å². The average molecular weight is 349 g/mol. The molecule has 0 bridgehead atoms. The van der Waals surface area contributed by atoms with Crippen molar-refractivity contribution >= 4 is 28.2 Å². The number of likely N-dealkylation sites (N-methyl/N-ethyl adjacent to an activating group) is 1. The van der Waals surface area contributed by atoms with Crippen LogP contribution in [0.15, 0.2) is 16.4 Å². The number of thiazole rings is 1. The molecule has 1 aliphatic carbocycles. The highest BCUT2D eigenvalue weighted by molar-refractivity contribution is 7.15. The molecule has 1 amide bonds. The minimum Gasteiger partial charge on any atom is -0.479 e. The first kappa shape index (κ1) is 16.6. The summed E-state index contributed by atoms with van der Waals surface area (Å²) in [6.45, 7) is 1.77. The summed E-state index contributed by atoms with van der Waals surface area (Å²) in [7, 11) is 1.47. The number of aromatic nitrogens is 2. The lowest BCUT2D eigenvalue weighted by molar-refractivity contribution is -0.151. The Kier molecular flexibility index (Phi) is 4.16. The maximum absolute atomic E-state index is 12.9. The number of carboxylic acids is 1. The Morgan fingerprint density at radius 2 is 2.00 bits per heavy atom. The van der Waals surface area contributed by atoms with E-state index in [0.29, 0.717) is 23.5 Å². The molecule has 1 fully saturated rings. The smallest absolute Gasteiger partial charge is 0.329 e. The molecule has 7 nitrogen and oxygen atoms in total. The second-order valence-corrected chi connectivity index (χ2v) is 7.07. The molecule has 0 saturated heterocycles. The molecule has 1 aliphatic rings. The van der Waals surface area contributed by atoms with Gasteiger partial charge in [-0.05, 0) is 19.8 Å². The Labute approximate surface area is 142 Å². The molecule has 0 aromatic carbocycles. The van der Waals surface area contributed by atoms with Gasteiger partial charge in [-0.2, -0.15) is 0 Å². The zero-order chi connectivity index (χ0) is 17.5. The fourth-order valence-electron chi connectivity index (χ4n) is 3.38. The van der Waals surface area contributed by atoms with E-state index in [4.69, 9.17) is 0 Å². The zero-order valence-corrected chi connectivity index (χ0v) is 14.4. The molecule has 2 aromatic rings. The van der Waals surface area contributed by atoms with Gasteiger partial charge in [0, 0.05) is 24.3 Å². The molecule has 0 unspecified atom stereocenters.